The zero-order chi connectivity index (χ0) is 14.5. The van der Waals surface area contributed by atoms with Crippen molar-refractivity contribution in [3.8, 4) is 0 Å². The molecule has 2 heterocycles. The van der Waals surface area contributed by atoms with Gasteiger partial charge in [0.15, 0.2) is 0 Å². The van der Waals surface area contributed by atoms with Gasteiger partial charge in [0.25, 0.3) is 0 Å². The van der Waals surface area contributed by atoms with Crippen molar-refractivity contribution in [2.24, 2.45) is 0 Å². The molecule has 3 rings (SSSR count). The summed E-state index contributed by atoms with van der Waals surface area (Å²) in [4.78, 5) is 0. The van der Waals surface area contributed by atoms with E-state index in [9.17, 15) is 0 Å². The summed E-state index contributed by atoms with van der Waals surface area (Å²) in [6.45, 7) is 12.2. The van der Waals surface area contributed by atoms with Crippen molar-refractivity contribution >= 4 is 12.6 Å². The molecule has 0 spiro atoms. The molecule has 108 valence electrons. The van der Waals surface area contributed by atoms with Crippen LogP contribution in [0.15, 0.2) is 18.2 Å². The molecule has 0 bridgehead atoms. The van der Waals surface area contributed by atoms with E-state index in [1.54, 1.807) is 0 Å². The van der Waals surface area contributed by atoms with Gasteiger partial charge < -0.3 is 14.0 Å². The van der Waals surface area contributed by atoms with Crippen molar-refractivity contribution in [1.29, 1.82) is 0 Å². The van der Waals surface area contributed by atoms with E-state index in [0.717, 1.165) is 18.7 Å². The molecule has 1 aromatic rings. The van der Waals surface area contributed by atoms with E-state index in [-0.39, 0.29) is 18.3 Å². The minimum absolute atomic E-state index is 0.277. The Hall–Kier alpha value is -0.835. The molecule has 2 saturated heterocycles. The predicted molar refractivity (Wildman–Crippen MR) is 80.5 cm³/mol. The first-order chi connectivity index (χ1) is 9.32. The Balaban J connectivity index is 1.92. The quantitative estimate of drug-likeness (QED) is 0.775. The molecule has 4 heteroatoms. The maximum Gasteiger partial charge on any atom is 0.495 e. The Morgan fingerprint density at radius 3 is 2.15 bits per heavy atom. The van der Waals surface area contributed by atoms with Crippen LogP contribution in [0.1, 0.15) is 44.7 Å². The fraction of sp³-hybridized carbons (Fsp3) is 0.625. The maximum atomic E-state index is 6.16. The number of hydrogen-bond acceptors (Lipinski definition) is 3. The Labute approximate surface area is 121 Å². The van der Waals surface area contributed by atoms with Gasteiger partial charge in [-0.3, -0.25) is 0 Å². The third-order valence-corrected chi connectivity index (χ3v) is 5.00. The summed E-state index contributed by atoms with van der Waals surface area (Å²) in [5.41, 5.74) is 3.20. The maximum absolute atomic E-state index is 6.16. The van der Waals surface area contributed by atoms with Crippen LogP contribution < -0.4 is 5.46 Å². The molecule has 0 aromatic heterocycles. The smallest absolute Gasteiger partial charge is 0.399 e. The summed E-state index contributed by atoms with van der Waals surface area (Å²) < 4.78 is 17.6. The molecule has 0 amide bonds. The normalized spacial score (nSPS) is 24.8. The lowest BCUT2D eigenvalue weighted by Crippen LogP contribution is -2.41. The Morgan fingerprint density at radius 2 is 1.65 bits per heavy atom. The van der Waals surface area contributed by atoms with Crippen molar-refractivity contribution in [3.05, 3.63) is 29.3 Å². The molecule has 0 atom stereocenters. The SMILES string of the molecule is Cc1c(B2OC(C)(C)C(C)(C)O2)cccc1C1COC1. The molecule has 0 aliphatic carbocycles. The second kappa shape index (κ2) is 4.59. The van der Waals surface area contributed by atoms with Gasteiger partial charge in [-0.05, 0) is 51.2 Å². The van der Waals surface area contributed by atoms with Crippen molar-refractivity contribution in [2.45, 2.75) is 51.7 Å². The van der Waals surface area contributed by atoms with Gasteiger partial charge >= 0.3 is 7.12 Å². The second-order valence-corrected chi connectivity index (χ2v) is 6.88. The highest BCUT2D eigenvalue weighted by Gasteiger charge is 2.52. The van der Waals surface area contributed by atoms with Gasteiger partial charge in [-0.1, -0.05) is 18.2 Å². The molecular weight excluding hydrogens is 251 g/mol. The standard InChI is InChI=1S/C16H23BO3/c1-11-13(12-9-18-10-12)7-6-8-14(11)17-19-15(2,3)16(4,5)20-17/h6-8,12H,9-10H2,1-5H3. The number of rotatable bonds is 2. The van der Waals surface area contributed by atoms with E-state index < -0.39 is 0 Å². The highest BCUT2D eigenvalue weighted by molar-refractivity contribution is 6.62. The van der Waals surface area contributed by atoms with Crippen LogP contribution in [-0.2, 0) is 14.0 Å². The first kappa shape index (κ1) is 14.1. The Bertz CT molecular complexity index is 504. The molecule has 1 aromatic carbocycles. The van der Waals surface area contributed by atoms with Gasteiger partial charge in [-0.2, -0.15) is 0 Å². The topological polar surface area (TPSA) is 27.7 Å². The Morgan fingerprint density at radius 1 is 1.05 bits per heavy atom. The zero-order valence-electron chi connectivity index (χ0n) is 13.0. The average Bonchev–Trinajstić information content (AvgIpc) is 2.48. The lowest BCUT2D eigenvalue weighted by molar-refractivity contribution is 0.00578. The Kier molecular flexibility index (Phi) is 3.24. The lowest BCUT2D eigenvalue weighted by atomic mass is 9.73. The van der Waals surface area contributed by atoms with Gasteiger partial charge in [0.1, 0.15) is 0 Å². The summed E-state index contributed by atoms with van der Waals surface area (Å²) >= 11 is 0. The molecule has 2 aliphatic rings. The van der Waals surface area contributed by atoms with Crippen molar-refractivity contribution < 1.29 is 14.0 Å². The lowest BCUT2D eigenvalue weighted by Gasteiger charge is -2.32. The number of ether oxygens (including phenoxy) is 1. The van der Waals surface area contributed by atoms with E-state index in [1.807, 2.05) is 0 Å². The molecule has 20 heavy (non-hydrogen) atoms. The van der Waals surface area contributed by atoms with Gasteiger partial charge in [-0.15, -0.1) is 0 Å². The van der Waals surface area contributed by atoms with E-state index >= 15 is 0 Å². The molecule has 0 unspecified atom stereocenters. The minimum atomic E-state index is -0.292. The fourth-order valence-electron chi connectivity index (χ4n) is 2.76. The van der Waals surface area contributed by atoms with Crippen LogP contribution in [0, 0.1) is 6.92 Å². The van der Waals surface area contributed by atoms with E-state index in [1.165, 1.54) is 11.1 Å². The molecule has 2 fully saturated rings. The monoisotopic (exact) mass is 274 g/mol. The largest absolute Gasteiger partial charge is 0.495 e. The molecule has 0 radical (unpaired) electrons. The molecule has 3 nitrogen and oxygen atoms in total. The van der Waals surface area contributed by atoms with E-state index in [4.69, 9.17) is 14.0 Å². The zero-order valence-corrected chi connectivity index (χ0v) is 13.0. The molecule has 0 saturated carbocycles. The molecule has 2 aliphatic heterocycles. The van der Waals surface area contributed by atoms with Crippen LogP contribution in [0.25, 0.3) is 0 Å². The van der Waals surface area contributed by atoms with Crippen molar-refractivity contribution in [3.63, 3.8) is 0 Å². The van der Waals surface area contributed by atoms with Crippen molar-refractivity contribution in [2.75, 3.05) is 13.2 Å². The van der Waals surface area contributed by atoms with Crippen LogP contribution in [-0.4, -0.2) is 31.5 Å². The van der Waals surface area contributed by atoms with Crippen LogP contribution in [0.4, 0.5) is 0 Å². The number of hydrogen-bond donors (Lipinski definition) is 0. The first-order valence-corrected chi connectivity index (χ1v) is 7.34. The predicted octanol–water partition coefficient (Wildman–Crippen LogP) is 2.41. The minimum Gasteiger partial charge on any atom is -0.399 e. The number of benzene rings is 1. The summed E-state index contributed by atoms with van der Waals surface area (Å²) in [6, 6.07) is 6.40. The summed E-state index contributed by atoms with van der Waals surface area (Å²) in [5, 5.41) is 0. The highest BCUT2D eigenvalue weighted by Crippen LogP contribution is 2.37. The molecule has 0 N–H and O–H groups in total. The molecular formula is C16H23BO3. The van der Waals surface area contributed by atoms with Crippen LogP contribution in [0.2, 0.25) is 0 Å². The van der Waals surface area contributed by atoms with E-state index in [2.05, 4.69) is 52.8 Å². The van der Waals surface area contributed by atoms with E-state index in [0.29, 0.717) is 5.92 Å². The van der Waals surface area contributed by atoms with Crippen LogP contribution in [0.5, 0.6) is 0 Å². The third-order valence-electron chi connectivity index (χ3n) is 5.00. The van der Waals surface area contributed by atoms with Gasteiger partial charge in [-0.25, -0.2) is 0 Å². The fourth-order valence-corrected chi connectivity index (χ4v) is 2.76. The first-order valence-electron chi connectivity index (χ1n) is 7.34. The van der Waals surface area contributed by atoms with Crippen LogP contribution in [0.3, 0.4) is 0 Å². The van der Waals surface area contributed by atoms with Crippen LogP contribution >= 0.6 is 0 Å². The highest BCUT2D eigenvalue weighted by atomic mass is 16.7. The van der Waals surface area contributed by atoms with Gasteiger partial charge in [0.05, 0.1) is 24.4 Å². The third kappa shape index (κ3) is 2.10. The van der Waals surface area contributed by atoms with Crippen molar-refractivity contribution in [1.82, 2.24) is 0 Å². The van der Waals surface area contributed by atoms with Gasteiger partial charge in [0.2, 0.25) is 0 Å². The van der Waals surface area contributed by atoms with Gasteiger partial charge in [0, 0.05) is 5.92 Å². The second-order valence-electron chi connectivity index (χ2n) is 6.88. The average molecular weight is 274 g/mol. The summed E-state index contributed by atoms with van der Waals surface area (Å²) in [7, 11) is -0.277. The summed E-state index contributed by atoms with van der Waals surface area (Å²) in [6.07, 6.45) is 0. The summed E-state index contributed by atoms with van der Waals surface area (Å²) in [5.74, 6) is 0.525.